The Morgan fingerprint density at radius 3 is 3.17 bits per heavy atom. The highest BCUT2D eigenvalue weighted by atomic mass is 35.5. The molecule has 2 nitrogen and oxygen atoms in total. The van der Waals surface area contributed by atoms with Crippen LogP contribution in [-0.4, -0.2) is 6.79 Å². The van der Waals surface area contributed by atoms with Gasteiger partial charge in [-0.25, -0.2) is 0 Å². The van der Waals surface area contributed by atoms with Crippen LogP contribution in [-0.2, 0) is 17.2 Å². The van der Waals surface area contributed by atoms with E-state index < -0.39 is 0 Å². The highest BCUT2D eigenvalue weighted by Crippen LogP contribution is 2.24. The monoisotopic (exact) mass is 184 g/mol. The molecular weight excluding hydrogens is 176 g/mol. The van der Waals surface area contributed by atoms with Gasteiger partial charge in [0.05, 0.1) is 6.61 Å². The molecule has 0 fully saturated rings. The van der Waals surface area contributed by atoms with E-state index in [0.717, 1.165) is 16.9 Å². The first-order chi connectivity index (χ1) is 5.90. The summed E-state index contributed by atoms with van der Waals surface area (Å²) in [4.78, 5) is 0. The molecule has 0 radical (unpaired) electrons. The lowest BCUT2D eigenvalue weighted by atomic mass is 10.1. The summed E-state index contributed by atoms with van der Waals surface area (Å²) in [5.41, 5.74) is 2.18. The van der Waals surface area contributed by atoms with Gasteiger partial charge in [-0.15, -0.1) is 11.6 Å². The third kappa shape index (κ3) is 1.40. The minimum absolute atomic E-state index is 0.354. The maximum absolute atomic E-state index is 5.69. The van der Waals surface area contributed by atoms with E-state index in [-0.39, 0.29) is 0 Å². The van der Waals surface area contributed by atoms with Gasteiger partial charge in [0.1, 0.15) is 5.75 Å². The normalized spacial score (nSPS) is 15.1. The zero-order chi connectivity index (χ0) is 8.39. The van der Waals surface area contributed by atoms with E-state index in [1.807, 2.05) is 18.2 Å². The molecular formula is C9H9ClO2. The van der Waals surface area contributed by atoms with Gasteiger partial charge in [-0.2, -0.15) is 0 Å². The van der Waals surface area contributed by atoms with Crippen molar-refractivity contribution in [1.82, 2.24) is 0 Å². The van der Waals surface area contributed by atoms with Crippen LogP contribution in [0.1, 0.15) is 11.1 Å². The summed E-state index contributed by atoms with van der Waals surface area (Å²) < 4.78 is 10.4. The Hall–Kier alpha value is -0.730. The van der Waals surface area contributed by atoms with Crippen LogP contribution < -0.4 is 4.74 Å². The molecule has 0 unspecified atom stereocenters. The number of ether oxygens (including phenoxy) is 2. The number of halogens is 1. The summed E-state index contributed by atoms with van der Waals surface area (Å²) in [6.07, 6.45) is 0. The fourth-order valence-electron chi connectivity index (χ4n) is 1.23. The van der Waals surface area contributed by atoms with Gasteiger partial charge in [-0.3, -0.25) is 0 Å². The fraction of sp³-hybridized carbons (Fsp3) is 0.333. The molecule has 0 atom stereocenters. The van der Waals surface area contributed by atoms with Gasteiger partial charge < -0.3 is 9.47 Å². The van der Waals surface area contributed by atoms with Crippen molar-refractivity contribution in [3.63, 3.8) is 0 Å². The molecule has 0 aromatic heterocycles. The maximum Gasteiger partial charge on any atom is 0.189 e. The minimum atomic E-state index is 0.354. The lowest BCUT2D eigenvalue weighted by Gasteiger charge is -2.17. The first-order valence-corrected chi connectivity index (χ1v) is 4.32. The van der Waals surface area contributed by atoms with E-state index in [1.54, 1.807) is 0 Å². The van der Waals surface area contributed by atoms with E-state index in [9.17, 15) is 0 Å². The molecule has 0 N–H and O–H groups in total. The number of rotatable bonds is 1. The van der Waals surface area contributed by atoms with E-state index in [4.69, 9.17) is 21.1 Å². The second-order valence-corrected chi connectivity index (χ2v) is 2.95. The van der Waals surface area contributed by atoms with Crippen molar-refractivity contribution >= 4 is 11.6 Å². The molecule has 1 aliphatic heterocycles. The van der Waals surface area contributed by atoms with E-state index in [2.05, 4.69) is 0 Å². The van der Waals surface area contributed by atoms with Crippen molar-refractivity contribution in [3.05, 3.63) is 29.3 Å². The van der Waals surface area contributed by atoms with Crippen LogP contribution in [0.2, 0.25) is 0 Å². The summed E-state index contributed by atoms with van der Waals surface area (Å²) in [5.74, 6) is 1.45. The topological polar surface area (TPSA) is 18.5 Å². The van der Waals surface area contributed by atoms with Gasteiger partial charge >= 0.3 is 0 Å². The van der Waals surface area contributed by atoms with Crippen molar-refractivity contribution in [2.24, 2.45) is 0 Å². The van der Waals surface area contributed by atoms with Crippen LogP contribution in [0, 0.1) is 0 Å². The van der Waals surface area contributed by atoms with Gasteiger partial charge in [0.25, 0.3) is 0 Å². The molecule has 3 heteroatoms. The fourth-order valence-corrected chi connectivity index (χ4v) is 1.39. The second kappa shape index (κ2) is 3.33. The average Bonchev–Trinajstić information content (AvgIpc) is 2.17. The van der Waals surface area contributed by atoms with E-state index in [0.29, 0.717) is 19.3 Å². The first kappa shape index (κ1) is 7.90. The lowest BCUT2D eigenvalue weighted by Crippen LogP contribution is -2.11. The summed E-state index contributed by atoms with van der Waals surface area (Å²) in [7, 11) is 0. The Kier molecular flexibility index (Phi) is 2.19. The molecule has 64 valence electrons. The molecule has 1 heterocycles. The van der Waals surface area contributed by atoms with Gasteiger partial charge in [0.15, 0.2) is 6.79 Å². The van der Waals surface area contributed by atoms with Crippen molar-refractivity contribution in [2.75, 3.05) is 6.79 Å². The first-order valence-electron chi connectivity index (χ1n) is 3.78. The predicted octanol–water partition coefficient (Wildman–Crippen LogP) is 2.29. The van der Waals surface area contributed by atoms with Crippen LogP contribution in [0.5, 0.6) is 5.75 Å². The zero-order valence-electron chi connectivity index (χ0n) is 6.55. The van der Waals surface area contributed by atoms with Crippen LogP contribution >= 0.6 is 11.6 Å². The highest BCUT2D eigenvalue weighted by Gasteiger charge is 2.09. The maximum atomic E-state index is 5.69. The third-order valence-corrected chi connectivity index (χ3v) is 2.14. The second-order valence-electron chi connectivity index (χ2n) is 2.69. The molecule has 1 aromatic rings. The summed E-state index contributed by atoms with van der Waals surface area (Å²) >= 11 is 5.69. The lowest BCUT2D eigenvalue weighted by molar-refractivity contribution is -0.0164. The SMILES string of the molecule is ClCc1ccc2c(c1)COCO2. The number of benzene rings is 1. The molecule has 0 aliphatic carbocycles. The summed E-state index contributed by atoms with van der Waals surface area (Å²) in [6.45, 7) is 0.979. The summed E-state index contributed by atoms with van der Waals surface area (Å²) in [6, 6.07) is 5.92. The van der Waals surface area contributed by atoms with Crippen LogP contribution in [0.4, 0.5) is 0 Å². The quantitative estimate of drug-likeness (QED) is 0.624. The van der Waals surface area contributed by atoms with Gasteiger partial charge in [0.2, 0.25) is 0 Å². The third-order valence-electron chi connectivity index (χ3n) is 1.83. The number of fused-ring (bicyclic) bond motifs is 1. The Bertz CT molecular complexity index is 286. The standard InChI is InChI=1S/C9H9ClO2/c10-4-7-1-2-9-8(3-7)5-11-6-12-9/h1-3H,4-6H2. The molecule has 0 spiro atoms. The van der Waals surface area contributed by atoms with Crippen molar-refractivity contribution < 1.29 is 9.47 Å². The average molecular weight is 185 g/mol. The Balaban J connectivity index is 2.36. The Morgan fingerprint density at radius 2 is 2.33 bits per heavy atom. The van der Waals surface area contributed by atoms with Crippen LogP contribution in [0.3, 0.4) is 0 Å². The molecule has 0 saturated carbocycles. The van der Waals surface area contributed by atoms with Crippen molar-refractivity contribution in [2.45, 2.75) is 12.5 Å². The smallest absolute Gasteiger partial charge is 0.189 e. The molecule has 1 aromatic carbocycles. The van der Waals surface area contributed by atoms with Gasteiger partial charge in [0, 0.05) is 11.4 Å². The minimum Gasteiger partial charge on any atom is -0.467 e. The highest BCUT2D eigenvalue weighted by molar-refractivity contribution is 6.17. The molecule has 12 heavy (non-hydrogen) atoms. The molecule has 0 saturated heterocycles. The zero-order valence-corrected chi connectivity index (χ0v) is 7.30. The van der Waals surface area contributed by atoms with Crippen molar-refractivity contribution in [1.29, 1.82) is 0 Å². The number of alkyl halides is 1. The van der Waals surface area contributed by atoms with Gasteiger partial charge in [-0.05, 0) is 17.7 Å². The summed E-state index contributed by atoms with van der Waals surface area (Å²) in [5, 5.41) is 0. The Labute approximate surface area is 76.1 Å². The largest absolute Gasteiger partial charge is 0.467 e. The van der Waals surface area contributed by atoms with Gasteiger partial charge in [-0.1, -0.05) is 6.07 Å². The molecule has 0 amide bonds. The van der Waals surface area contributed by atoms with Crippen LogP contribution in [0.15, 0.2) is 18.2 Å². The number of hydrogen-bond acceptors (Lipinski definition) is 2. The van der Waals surface area contributed by atoms with E-state index >= 15 is 0 Å². The number of hydrogen-bond donors (Lipinski definition) is 0. The molecule has 2 rings (SSSR count). The van der Waals surface area contributed by atoms with Crippen molar-refractivity contribution in [3.8, 4) is 5.75 Å². The molecule has 0 bridgehead atoms. The van der Waals surface area contributed by atoms with Crippen LogP contribution in [0.25, 0.3) is 0 Å². The Morgan fingerprint density at radius 1 is 1.42 bits per heavy atom. The van der Waals surface area contributed by atoms with E-state index in [1.165, 1.54) is 0 Å². The molecule has 1 aliphatic rings. The predicted molar refractivity (Wildman–Crippen MR) is 46.3 cm³/mol.